The number of nitrogens with two attached hydrogens (primary N) is 1. The fraction of sp³-hybridized carbons (Fsp3) is 0.407. The molecule has 2 aliphatic rings. The molecule has 184 valence electrons. The third-order valence-corrected chi connectivity index (χ3v) is 7.11. The van der Waals surface area contributed by atoms with Gasteiger partial charge in [0.2, 0.25) is 5.91 Å². The zero-order valence-corrected chi connectivity index (χ0v) is 20.0. The molecule has 8 heteroatoms. The molecule has 2 fully saturated rings. The van der Waals surface area contributed by atoms with Crippen molar-refractivity contribution in [1.29, 1.82) is 0 Å². The Morgan fingerprint density at radius 2 is 1.80 bits per heavy atom. The number of hydrogen-bond acceptors (Lipinski definition) is 5. The number of primary amides is 1. The van der Waals surface area contributed by atoms with Crippen molar-refractivity contribution < 1.29 is 14.3 Å². The summed E-state index contributed by atoms with van der Waals surface area (Å²) in [5.41, 5.74) is 9.04. The van der Waals surface area contributed by atoms with Gasteiger partial charge in [-0.05, 0) is 61.4 Å². The molecule has 2 amide bonds. The maximum absolute atomic E-state index is 12.9. The molecule has 2 saturated heterocycles. The summed E-state index contributed by atoms with van der Waals surface area (Å²) in [4.78, 5) is 29.0. The lowest BCUT2D eigenvalue weighted by Crippen LogP contribution is -2.41. The Morgan fingerprint density at radius 3 is 2.57 bits per heavy atom. The molecule has 0 saturated carbocycles. The number of anilines is 2. The van der Waals surface area contributed by atoms with Gasteiger partial charge < -0.3 is 25.3 Å². The predicted octanol–water partition coefficient (Wildman–Crippen LogP) is 2.93. The highest BCUT2D eigenvalue weighted by atomic mass is 16.5. The Balaban J connectivity index is 1.20. The Kier molecular flexibility index (Phi) is 7.01. The number of morpholine rings is 1. The highest BCUT2D eigenvalue weighted by molar-refractivity contribution is 6.05. The first-order valence-electron chi connectivity index (χ1n) is 12.4. The zero-order valence-electron chi connectivity index (χ0n) is 20.0. The number of rotatable bonds is 7. The van der Waals surface area contributed by atoms with Crippen LogP contribution in [0.25, 0.3) is 10.9 Å². The third-order valence-electron chi connectivity index (χ3n) is 7.11. The summed E-state index contributed by atoms with van der Waals surface area (Å²) in [5.74, 6) is -0.498. The predicted molar refractivity (Wildman–Crippen MR) is 138 cm³/mol. The van der Waals surface area contributed by atoms with E-state index in [-0.39, 0.29) is 17.7 Å². The smallest absolute Gasteiger partial charge is 0.255 e. The van der Waals surface area contributed by atoms with Crippen LogP contribution in [0.3, 0.4) is 0 Å². The van der Waals surface area contributed by atoms with E-state index >= 15 is 0 Å². The molecule has 0 unspecified atom stereocenters. The van der Waals surface area contributed by atoms with Crippen LogP contribution in [0, 0.1) is 5.92 Å². The van der Waals surface area contributed by atoms with E-state index in [1.165, 1.54) is 0 Å². The molecule has 2 aromatic carbocycles. The lowest BCUT2D eigenvalue weighted by atomic mass is 9.97. The normalized spacial score (nSPS) is 19.1. The number of nitrogens with zero attached hydrogens (tertiary/aromatic N) is 3. The molecule has 3 N–H and O–H groups in total. The molecule has 0 spiro atoms. The lowest BCUT2D eigenvalue weighted by Gasteiger charge is -2.33. The summed E-state index contributed by atoms with van der Waals surface area (Å²) in [7, 11) is 0. The van der Waals surface area contributed by atoms with E-state index in [4.69, 9.17) is 10.5 Å². The Labute approximate surface area is 205 Å². The number of ether oxygens (including phenoxy) is 1. The molecule has 35 heavy (non-hydrogen) atoms. The maximum atomic E-state index is 12.9. The van der Waals surface area contributed by atoms with Crippen LogP contribution in [0.15, 0.2) is 54.7 Å². The zero-order chi connectivity index (χ0) is 24.2. The van der Waals surface area contributed by atoms with Crippen molar-refractivity contribution in [2.24, 2.45) is 11.7 Å². The Hall–Kier alpha value is -3.36. The Morgan fingerprint density at radius 1 is 1.00 bits per heavy atom. The second kappa shape index (κ2) is 10.5. The van der Waals surface area contributed by atoms with E-state index in [1.54, 1.807) is 0 Å². The number of aromatic nitrogens is 1. The molecular formula is C27H33N5O3. The SMILES string of the molecule is NC(=O)[C@@H]1CCCN(c2ccc(C(=O)Nc3ccc4c(ccn4CCN4CCOCC4)c3)cc2)C1. The number of piperidine rings is 1. The molecule has 3 heterocycles. The minimum absolute atomic E-state index is 0.115. The fourth-order valence-electron chi connectivity index (χ4n) is 5.02. The van der Waals surface area contributed by atoms with E-state index in [0.717, 1.165) is 81.1 Å². The largest absolute Gasteiger partial charge is 0.379 e. The van der Waals surface area contributed by atoms with Gasteiger partial charge in [-0.2, -0.15) is 0 Å². The van der Waals surface area contributed by atoms with Crippen molar-refractivity contribution in [2.45, 2.75) is 19.4 Å². The Bertz CT molecular complexity index is 1180. The van der Waals surface area contributed by atoms with Gasteiger partial charge >= 0.3 is 0 Å². The van der Waals surface area contributed by atoms with E-state index < -0.39 is 0 Å². The summed E-state index contributed by atoms with van der Waals surface area (Å²) in [5, 5.41) is 4.12. The number of amides is 2. The minimum atomic E-state index is -0.241. The highest BCUT2D eigenvalue weighted by Crippen LogP contribution is 2.25. The quantitative estimate of drug-likeness (QED) is 0.548. The lowest BCUT2D eigenvalue weighted by molar-refractivity contribution is -0.122. The van der Waals surface area contributed by atoms with Crippen molar-refractivity contribution in [1.82, 2.24) is 9.47 Å². The van der Waals surface area contributed by atoms with Gasteiger partial charge in [0.1, 0.15) is 0 Å². The van der Waals surface area contributed by atoms with Crippen molar-refractivity contribution in [3.63, 3.8) is 0 Å². The maximum Gasteiger partial charge on any atom is 0.255 e. The highest BCUT2D eigenvalue weighted by Gasteiger charge is 2.24. The van der Waals surface area contributed by atoms with Crippen LogP contribution >= 0.6 is 0 Å². The molecule has 8 nitrogen and oxygen atoms in total. The van der Waals surface area contributed by atoms with Gasteiger partial charge in [0.05, 0.1) is 19.1 Å². The van der Waals surface area contributed by atoms with Crippen LogP contribution in [0.1, 0.15) is 23.2 Å². The van der Waals surface area contributed by atoms with Crippen LogP contribution < -0.4 is 16.0 Å². The first-order chi connectivity index (χ1) is 17.1. The molecule has 2 aliphatic heterocycles. The van der Waals surface area contributed by atoms with Crippen LogP contribution in [-0.4, -0.2) is 67.2 Å². The number of fused-ring (bicyclic) bond motifs is 1. The van der Waals surface area contributed by atoms with Crippen molar-refractivity contribution in [3.05, 3.63) is 60.3 Å². The summed E-state index contributed by atoms with van der Waals surface area (Å²) < 4.78 is 7.69. The second-order valence-electron chi connectivity index (χ2n) is 9.43. The fourth-order valence-corrected chi connectivity index (χ4v) is 5.02. The number of carbonyl (C=O) groups is 2. The van der Waals surface area contributed by atoms with Gasteiger partial charge in [-0.15, -0.1) is 0 Å². The summed E-state index contributed by atoms with van der Waals surface area (Å²) >= 11 is 0. The molecule has 0 bridgehead atoms. The van der Waals surface area contributed by atoms with Crippen LogP contribution in [0.5, 0.6) is 0 Å². The molecule has 1 atom stereocenters. The molecule has 0 radical (unpaired) electrons. The van der Waals surface area contributed by atoms with Gasteiger partial charge in [-0.25, -0.2) is 0 Å². The van der Waals surface area contributed by atoms with Gasteiger partial charge in [-0.1, -0.05) is 0 Å². The number of benzene rings is 2. The summed E-state index contributed by atoms with van der Waals surface area (Å²) in [6.07, 6.45) is 3.89. The third kappa shape index (κ3) is 5.49. The number of carbonyl (C=O) groups excluding carboxylic acids is 2. The van der Waals surface area contributed by atoms with Gasteiger partial charge in [-0.3, -0.25) is 14.5 Å². The number of hydrogen-bond donors (Lipinski definition) is 2. The molecule has 0 aliphatic carbocycles. The molecule has 3 aromatic rings. The van der Waals surface area contributed by atoms with Crippen molar-refractivity contribution in [3.8, 4) is 0 Å². The van der Waals surface area contributed by atoms with Gasteiger partial charge in [0.15, 0.2) is 0 Å². The first kappa shape index (κ1) is 23.4. The summed E-state index contributed by atoms with van der Waals surface area (Å²) in [6, 6.07) is 15.7. The minimum Gasteiger partial charge on any atom is -0.379 e. The van der Waals surface area contributed by atoms with E-state index in [0.29, 0.717) is 12.1 Å². The van der Waals surface area contributed by atoms with Crippen molar-refractivity contribution in [2.75, 3.05) is 56.2 Å². The first-order valence-corrected chi connectivity index (χ1v) is 12.4. The average molecular weight is 476 g/mol. The average Bonchev–Trinajstić information content (AvgIpc) is 3.30. The monoisotopic (exact) mass is 475 g/mol. The van der Waals surface area contributed by atoms with Crippen LogP contribution in [-0.2, 0) is 16.1 Å². The molecule has 5 rings (SSSR count). The molecular weight excluding hydrogens is 442 g/mol. The van der Waals surface area contributed by atoms with Crippen LogP contribution in [0.4, 0.5) is 11.4 Å². The number of nitrogens with one attached hydrogen (secondary N) is 1. The van der Waals surface area contributed by atoms with Gasteiger partial charge in [0.25, 0.3) is 5.91 Å². The standard InChI is InChI=1S/C27H33N5O3/c28-26(33)22-2-1-10-32(19-22)24-6-3-20(4-7-24)27(34)29-23-5-8-25-21(18-23)9-11-31(25)13-12-30-14-16-35-17-15-30/h3-9,11,18,22H,1-2,10,12-17,19H2,(H2,28,33)(H,29,34)/t22-/m1/s1. The van der Waals surface area contributed by atoms with Gasteiger partial charge in [0, 0.05) is 73.3 Å². The van der Waals surface area contributed by atoms with E-state index in [9.17, 15) is 9.59 Å². The second-order valence-corrected chi connectivity index (χ2v) is 9.43. The topological polar surface area (TPSA) is 92.8 Å². The van der Waals surface area contributed by atoms with Crippen LogP contribution in [0.2, 0.25) is 0 Å². The van der Waals surface area contributed by atoms with E-state index in [2.05, 4.69) is 38.0 Å². The molecule has 1 aromatic heterocycles. The van der Waals surface area contributed by atoms with Crippen molar-refractivity contribution >= 4 is 34.1 Å². The van der Waals surface area contributed by atoms with E-state index in [1.807, 2.05) is 36.4 Å². The summed E-state index contributed by atoms with van der Waals surface area (Å²) in [6.45, 7) is 7.05.